The normalized spacial score (nSPS) is 42.8. The molecule has 0 bridgehead atoms. The molecule has 0 amide bonds. The average Bonchev–Trinajstić information content (AvgIpc) is 3.28. The van der Waals surface area contributed by atoms with Gasteiger partial charge in [0.1, 0.15) is 95.9 Å². The lowest BCUT2D eigenvalue weighted by atomic mass is 9.76. The SMILES string of the molecule is OC[C@H]1O[C@@H]([C@]2(O)CO[C@H](CO)[C@@](O)(Oc3ccc(NCCCCNc4ccc(O[C@@]5(O)[C@H](O)[C@](O)([C@@H]6O[C@H](CO)[C@@H](O)[C@H](O)[C@H]6O)CO[C@@H]5CO)cc4)cc3)[C@@H]2O)[C@H](O)[C@@H](O)[C@@H]1O. The predicted octanol–water partition coefficient (Wildman–Crippen LogP) is -7.22. The second-order valence-corrected chi connectivity index (χ2v) is 16.6. The van der Waals surface area contributed by atoms with E-state index in [2.05, 4.69) is 10.6 Å². The van der Waals surface area contributed by atoms with E-state index in [1.807, 2.05) is 0 Å². The van der Waals surface area contributed by atoms with Gasteiger partial charge in [-0.3, -0.25) is 0 Å². The molecule has 18 atom stereocenters. The minimum absolute atomic E-state index is 0.0203. The summed E-state index contributed by atoms with van der Waals surface area (Å²) in [5, 5.41) is 176. The van der Waals surface area contributed by atoms with Crippen LogP contribution in [0.5, 0.6) is 11.5 Å². The van der Waals surface area contributed by atoms with Crippen molar-refractivity contribution in [2.45, 2.75) is 121 Å². The highest BCUT2D eigenvalue weighted by Crippen LogP contribution is 2.42. The van der Waals surface area contributed by atoms with Crippen molar-refractivity contribution in [2.75, 3.05) is 63.4 Å². The molecule has 2 aromatic rings. The second-order valence-electron chi connectivity index (χ2n) is 16.6. The van der Waals surface area contributed by atoms with Crippen LogP contribution in [-0.4, -0.2) is 243 Å². The Morgan fingerprint density at radius 1 is 0.484 bits per heavy atom. The number of rotatable bonds is 17. The van der Waals surface area contributed by atoms with Crippen molar-refractivity contribution >= 4 is 11.4 Å². The lowest BCUT2D eigenvalue weighted by molar-refractivity contribution is -0.380. The number of unbranched alkanes of at least 4 members (excludes halogenated alkanes) is 1. The van der Waals surface area contributed by atoms with E-state index in [4.69, 9.17) is 28.4 Å². The van der Waals surface area contributed by atoms with Crippen LogP contribution in [0.4, 0.5) is 11.4 Å². The summed E-state index contributed by atoms with van der Waals surface area (Å²) in [7, 11) is 0. The van der Waals surface area contributed by atoms with Crippen LogP contribution in [0.3, 0.4) is 0 Å². The molecule has 0 unspecified atom stereocenters. The van der Waals surface area contributed by atoms with Crippen molar-refractivity contribution in [3.05, 3.63) is 48.5 Å². The molecular weight excluding hydrogens is 860 g/mol. The maximum Gasteiger partial charge on any atom is 0.266 e. The number of aliphatic hydroxyl groups excluding tert-OH is 12. The second kappa shape index (κ2) is 20.4. The number of hydrogen-bond acceptors (Lipinski definition) is 24. The maximum atomic E-state index is 11.5. The molecule has 4 aliphatic heterocycles. The molecule has 4 aliphatic rings. The van der Waals surface area contributed by atoms with Gasteiger partial charge >= 0.3 is 0 Å². The molecule has 64 heavy (non-hydrogen) atoms. The fraction of sp³-hybridized carbons (Fsp3) is 0.700. The van der Waals surface area contributed by atoms with Gasteiger partial charge in [-0.1, -0.05) is 0 Å². The summed E-state index contributed by atoms with van der Waals surface area (Å²) in [5.41, 5.74) is -4.03. The van der Waals surface area contributed by atoms with Gasteiger partial charge in [-0.25, -0.2) is 0 Å². The average molecular weight is 921 g/mol. The molecule has 0 aromatic heterocycles. The molecule has 0 aliphatic carbocycles. The van der Waals surface area contributed by atoms with Gasteiger partial charge in [-0.2, -0.15) is 0 Å². The first kappa shape index (κ1) is 50.3. The van der Waals surface area contributed by atoms with E-state index < -0.39 is 148 Å². The summed E-state index contributed by atoms with van der Waals surface area (Å²) >= 11 is 0. The van der Waals surface area contributed by atoms with Crippen LogP contribution in [-0.2, 0) is 18.9 Å². The van der Waals surface area contributed by atoms with Crippen LogP contribution in [0.2, 0.25) is 0 Å². The number of nitrogens with one attached hydrogen (secondary N) is 2. The lowest BCUT2D eigenvalue weighted by Gasteiger charge is -2.54. The highest BCUT2D eigenvalue weighted by molar-refractivity contribution is 5.47. The maximum absolute atomic E-state index is 11.5. The minimum atomic E-state index is -2.82. The molecule has 0 spiro atoms. The van der Waals surface area contributed by atoms with Gasteiger partial charge in [0.15, 0.2) is 12.2 Å². The van der Waals surface area contributed by atoms with Crippen molar-refractivity contribution < 1.29 is 110 Å². The molecule has 362 valence electrons. The molecule has 24 heteroatoms. The Morgan fingerprint density at radius 3 is 1.14 bits per heavy atom. The number of aliphatic hydroxyl groups is 16. The summed E-state index contributed by atoms with van der Waals surface area (Å²) in [5.74, 6) is -5.68. The van der Waals surface area contributed by atoms with Crippen molar-refractivity contribution in [1.82, 2.24) is 0 Å². The van der Waals surface area contributed by atoms with E-state index in [9.17, 15) is 81.7 Å². The van der Waals surface area contributed by atoms with Gasteiger partial charge in [-0.05, 0) is 61.4 Å². The van der Waals surface area contributed by atoms with Crippen molar-refractivity contribution in [2.24, 2.45) is 0 Å². The highest BCUT2D eigenvalue weighted by atomic mass is 16.7. The van der Waals surface area contributed by atoms with Crippen molar-refractivity contribution in [3.8, 4) is 11.5 Å². The predicted molar refractivity (Wildman–Crippen MR) is 213 cm³/mol. The summed E-state index contributed by atoms with van der Waals surface area (Å²) in [6.07, 6.45) is -24.4. The van der Waals surface area contributed by atoms with E-state index >= 15 is 0 Å². The first-order chi connectivity index (χ1) is 30.3. The summed E-state index contributed by atoms with van der Waals surface area (Å²) in [6.45, 7) is -3.93. The zero-order valence-corrected chi connectivity index (χ0v) is 34.4. The van der Waals surface area contributed by atoms with Gasteiger partial charge in [0.25, 0.3) is 11.6 Å². The van der Waals surface area contributed by atoms with Crippen LogP contribution < -0.4 is 20.1 Å². The molecule has 4 saturated heterocycles. The summed E-state index contributed by atoms with van der Waals surface area (Å²) in [6, 6.07) is 12.1. The smallest absolute Gasteiger partial charge is 0.266 e. The standard InChI is InChI=1S/C40H60N2O22/c43-13-23-27(47)29(49)31(51)33(61-23)37(55)17-59-25(15-45)39(57,35(37)53)63-21-7-3-19(4-8-21)41-11-1-2-12-42-20-5-9-22(10-6-20)64-40(58)26(16-46)60-18-38(56,36(40)54)34-32(52)30(50)28(48)24(14-44)62-34/h3-10,23-36,41-58H,1-2,11-18H2/t23-,24-,25-,26-,27-,28-,29+,30+,31-,32-,33-,34-,35-,36-,37-,38-,39-,40-/m1/s1. The van der Waals surface area contributed by atoms with Gasteiger partial charge in [-0.15, -0.1) is 0 Å². The Bertz CT molecular complexity index is 1660. The Balaban J connectivity index is 0.979. The minimum Gasteiger partial charge on any atom is -0.457 e. The third-order valence-electron chi connectivity index (χ3n) is 12.3. The quantitative estimate of drug-likeness (QED) is 0.0518. The fourth-order valence-corrected chi connectivity index (χ4v) is 8.42. The summed E-state index contributed by atoms with van der Waals surface area (Å²) in [4.78, 5) is 0. The molecular formula is C40H60N2O22. The largest absolute Gasteiger partial charge is 0.457 e. The van der Waals surface area contributed by atoms with Crippen LogP contribution in [0, 0.1) is 0 Å². The molecule has 2 aromatic carbocycles. The van der Waals surface area contributed by atoms with E-state index in [0.717, 1.165) is 0 Å². The molecule has 18 N–H and O–H groups in total. The Kier molecular flexibility index (Phi) is 16.0. The van der Waals surface area contributed by atoms with E-state index in [1.165, 1.54) is 24.3 Å². The first-order valence-corrected chi connectivity index (χ1v) is 20.7. The molecule has 6 rings (SSSR count). The van der Waals surface area contributed by atoms with Crippen molar-refractivity contribution in [1.29, 1.82) is 0 Å². The zero-order chi connectivity index (χ0) is 46.8. The number of hydrogen-bond donors (Lipinski definition) is 18. The van der Waals surface area contributed by atoms with Crippen LogP contribution in [0.15, 0.2) is 48.5 Å². The third kappa shape index (κ3) is 9.51. The van der Waals surface area contributed by atoms with Crippen LogP contribution in [0.1, 0.15) is 12.8 Å². The summed E-state index contributed by atoms with van der Waals surface area (Å²) < 4.78 is 33.1. The number of benzene rings is 2. The van der Waals surface area contributed by atoms with Gasteiger partial charge in [0.2, 0.25) is 0 Å². The zero-order valence-electron chi connectivity index (χ0n) is 34.4. The van der Waals surface area contributed by atoms with Crippen LogP contribution in [0.25, 0.3) is 0 Å². The molecule has 4 fully saturated rings. The monoisotopic (exact) mass is 920 g/mol. The molecule has 4 heterocycles. The first-order valence-electron chi connectivity index (χ1n) is 20.7. The Morgan fingerprint density at radius 2 is 0.828 bits per heavy atom. The van der Waals surface area contributed by atoms with Gasteiger partial charge < -0.3 is 121 Å². The molecule has 0 radical (unpaired) electrons. The van der Waals surface area contributed by atoms with Crippen LogP contribution >= 0.6 is 0 Å². The van der Waals surface area contributed by atoms with E-state index in [1.54, 1.807) is 24.3 Å². The number of ether oxygens (including phenoxy) is 6. The van der Waals surface area contributed by atoms with Crippen molar-refractivity contribution in [3.63, 3.8) is 0 Å². The van der Waals surface area contributed by atoms with E-state index in [0.29, 0.717) is 37.3 Å². The Hall–Kier alpha value is -3.16. The lowest BCUT2D eigenvalue weighted by Crippen LogP contribution is -2.78. The van der Waals surface area contributed by atoms with Gasteiger partial charge in [0.05, 0.1) is 39.6 Å². The molecule has 0 saturated carbocycles. The van der Waals surface area contributed by atoms with E-state index in [-0.39, 0.29) is 11.5 Å². The van der Waals surface area contributed by atoms with Gasteiger partial charge in [0, 0.05) is 24.5 Å². The Labute approximate surface area is 365 Å². The topological polar surface area (TPSA) is 403 Å². The number of anilines is 2. The fourth-order valence-electron chi connectivity index (χ4n) is 8.42. The third-order valence-corrected chi connectivity index (χ3v) is 12.3. The molecule has 24 nitrogen and oxygen atoms in total. The highest BCUT2D eigenvalue weighted by Gasteiger charge is 2.68.